The number of nitrogens with one attached hydrogen (secondary N) is 3. The Labute approximate surface area is 235 Å². The number of unbranched alkanes of at least 4 members (excludes halogenated alkanes) is 1. The van der Waals surface area contributed by atoms with Gasteiger partial charge in [0.05, 0.1) is 23.9 Å². The number of hydrogen-bond acceptors (Lipinski definition) is 4. The molecule has 0 aromatic heterocycles. The lowest BCUT2D eigenvalue weighted by Gasteiger charge is -2.37. The van der Waals surface area contributed by atoms with E-state index in [0.717, 1.165) is 30.4 Å². The normalized spacial score (nSPS) is 14.9. The van der Waals surface area contributed by atoms with E-state index in [-0.39, 0.29) is 12.6 Å². The van der Waals surface area contributed by atoms with Gasteiger partial charge in [-0.05, 0) is 60.7 Å². The standard InChI is InChI=1S/C32H36N4O4/c1-4-7-19-36-29(23-14-9-8-10-15-23)27(30(37)40-6-3)28(35-32(36)39)24-16-12-18-26(21-24)34-31(38)33-25-17-11-13-22(5-2)20-25/h8-18,20-21,28H,4-7,19H2,1-3H3,(H,35,39)(H2,33,34,38). The maximum Gasteiger partial charge on any atom is 0.338 e. The topological polar surface area (TPSA) is 99.8 Å². The summed E-state index contributed by atoms with van der Waals surface area (Å²) in [6.45, 7) is 6.52. The monoisotopic (exact) mass is 540 g/mol. The SMILES string of the molecule is CCCCN1C(=O)NC(c2cccc(NC(=O)Nc3cccc(CC)c3)c2)C(C(=O)OCC)=C1c1ccccc1. The van der Waals surface area contributed by atoms with E-state index in [4.69, 9.17) is 4.74 Å². The summed E-state index contributed by atoms with van der Waals surface area (Å²) in [5, 5.41) is 8.73. The number of ether oxygens (including phenoxy) is 1. The molecule has 3 N–H and O–H groups in total. The number of aryl methyl sites for hydroxylation is 1. The number of rotatable bonds is 10. The van der Waals surface area contributed by atoms with E-state index in [1.807, 2.05) is 60.7 Å². The summed E-state index contributed by atoms with van der Waals surface area (Å²) in [4.78, 5) is 41.3. The average Bonchev–Trinajstić information content (AvgIpc) is 2.96. The van der Waals surface area contributed by atoms with Crippen molar-refractivity contribution in [3.8, 4) is 0 Å². The molecule has 0 spiro atoms. The molecular formula is C32H36N4O4. The van der Waals surface area contributed by atoms with Crippen LogP contribution in [-0.2, 0) is 16.0 Å². The van der Waals surface area contributed by atoms with Gasteiger partial charge in [0, 0.05) is 17.9 Å². The first-order valence-electron chi connectivity index (χ1n) is 13.8. The van der Waals surface area contributed by atoms with Gasteiger partial charge in [-0.2, -0.15) is 0 Å². The zero-order valence-corrected chi connectivity index (χ0v) is 23.2. The minimum atomic E-state index is -0.773. The lowest BCUT2D eigenvalue weighted by atomic mass is 9.91. The van der Waals surface area contributed by atoms with E-state index in [9.17, 15) is 14.4 Å². The summed E-state index contributed by atoms with van der Waals surface area (Å²) in [6.07, 6.45) is 2.53. The molecule has 0 bridgehead atoms. The number of nitrogens with zero attached hydrogens (tertiary/aromatic N) is 1. The van der Waals surface area contributed by atoms with Crippen molar-refractivity contribution in [2.24, 2.45) is 0 Å². The first-order chi connectivity index (χ1) is 19.4. The Morgan fingerprint density at radius 1 is 0.900 bits per heavy atom. The number of anilines is 2. The van der Waals surface area contributed by atoms with Crippen molar-refractivity contribution in [2.75, 3.05) is 23.8 Å². The molecule has 8 heteroatoms. The van der Waals surface area contributed by atoms with Crippen LogP contribution >= 0.6 is 0 Å². The molecule has 1 unspecified atom stereocenters. The number of carbonyl (C=O) groups is 3. The van der Waals surface area contributed by atoms with Gasteiger partial charge in [-0.3, -0.25) is 4.90 Å². The van der Waals surface area contributed by atoms with E-state index in [1.165, 1.54) is 0 Å². The molecule has 3 aromatic carbocycles. The molecule has 1 aliphatic rings. The molecule has 0 radical (unpaired) electrons. The van der Waals surface area contributed by atoms with Gasteiger partial charge in [-0.15, -0.1) is 0 Å². The number of carbonyl (C=O) groups excluding carboxylic acids is 3. The van der Waals surface area contributed by atoms with Crippen LogP contribution in [0.15, 0.2) is 84.4 Å². The molecule has 0 saturated heterocycles. The Hall–Kier alpha value is -4.59. The maximum atomic E-state index is 13.5. The van der Waals surface area contributed by atoms with Crippen LogP contribution in [0.3, 0.4) is 0 Å². The highest BCUT2D eigenvalue weighted by atomic mass is 16.5. The number of hydrogen-bond donors (Lipinski definition) is 3. The highest BCUT2D eigenvalue weighted by Gasteiger charge is 2.38. The molecule has 3 aromatic rings. The minimum absolute atomic E-state index is 0.195. The first-order valence-corrected chi connectivity index (χ1v) is 13.8. The van der Waals surface area contributed by atoms with E-state index < -0.39 is 18.0 Å². The van der Waals surface area contributed by atoms with Gasteiger partial charge in [0.2, 0.25) is 0 Å². The Balaban J connectivity index is 1.71. The second kappa shape index (κ2) is 13.5. The molecule has 1 aliphatic heterocycles. The Kier molecular flexibility index (Phi) is 9.57. The lowest BCUT2D eigenvalue weighted by Crippen LogP contribution is -2.48. The maximum absolute atomic E-state index is 13.5. The zero-order chi connectivity index (χ0) is 28.5. The third-order valence-corrected chi connectivity index (χ3v) is 6.68. The summed E-state index contributed by atoms with van der Waals surface area (Å²) < 4.78 is 5.50. The summed E-state index contributed by atoms with van der Waals surface area (Å²) in [7, 11) is 0. The van der Waals surface area contributed by atoms with Gasteiger partial charge in [0.1, 0.15) is 0 Å². The molecule has 8 nitrogen and oxygen atoms in total. The van der Waals surface area contributed by atoms with E-state index in [1.54, 1.807) is 30.0 Å². The fourth-order valence-corrected chi connectivity index (χ4v) is 4.73. The molecule has 0 aliphatic carbocycles. The van der Waals surface area contributed by atoms with Gasteiger partial charge in [0.25, 0.3) is 0 Å². The molecule has 4 rings (SSSR count). The van der Waals surface area contributed by atoms with Crippen molar-refractivity contribution >= 4 is 35.1 Å². The van der Waals surface area contributed by atoms with Crippen molar-refractivity contribution < 1.29 is 19.1 Å². The molecule has 40 heavy (non-hydrogen) atoms. The molecule has 0 saturated carbocycles. The van der Waals surface area contributed by atoms with Gasteiger partial charge in [-0.1, -0.05) is 74.9 Å². The van der Waals surface area contributed by atoms with Crippen molar-refractivity contribution in [1.82, 2.24) is 10.2 Å². The highest BCUT2D eigenvalue weighted by molar-refractivity contribution is 6.05. The van der Waals surface area contributed by atoms with Crippen molar-refractivity contribution in [1.29, 1.82) is 0 Å². The van der Waals surface area contributed by atoms with E-state index >= 15 is 0 Å². The number of esters is 1. The first kappa shape index (κ1) is 28.4. The quantitative estimate of drug-likeness (QED) is 0.248. The summed E-state index contributed by atoms with van der Waals surface area (Å²) in [6, 6.07) is 22.8. The van der Waals surface area contributed by atoms with Crippen LogP contribution < -0.4 is 16.0 Å². The summed E-state index contributed by atoms with van der Waals surface area (Å²) in [5.74, 6) is -0.500. The van der Waals surface area contributed by atoms with Gasteiger partial charge in [-0.25, -0.2) is 14.4 Å². The number of urea groups is 2. The van der Waals surface area contributed by atoms with Crippen LogP contribution in [0.2, 0.25) is 0 Å². The molecular weight excluding hydrogens is 504 g/mol. The predicted octanol–water partition coefficient (Wildman–Crippen LogP) is 6.73. The smallest absolute Gasteiger partial charge is 0.338 e. The second-order valence-corrected chi connectivity index (χ2v) is 9.49. The van der Waals surface area contributed by atoms with E-state index in [0.29, 0.717) is 34.8 Å². The third-order valence-electron chi connectivity index (χ3n) is 6.68. The Morgan fingerprint density at radius 3 is 2.27 bits per heavy atom. The van der Waals surface area contributed by atoms with Crippen molar-refractivity contribution in [2.45, 2.75) is 46.1 Å². The minimum Gasteiger partial charge on any atom is -0.463 e. The molecule has 1 heterocycles. The largest absolute Gasteiger partial charge is 0.463 e. The molecule has 0 fully saturated rings. The Morgan fingerprint density at radius 2 is 1.60 bits per heavy atom. The fourth-order valence-electron chi connectivity index (χ4n) is 4.73. The van der Waals surface area contributed by atoms with Crippen LogP contribution in [0, 0.1) is 0 Å². The lowest BCUT2D eigenvalue weighted by molar-refractivity contribution is -0.138. The van der Waals surface area contributed by atoms with Gasteiger partial charge >= 0.3 is 18.0 Å². The van der Waals surface area contributed by atoms with Crippen molar-refractivity contribution in [3.63, 3.8) is 0 Å². The van der Waals surface area contributed by atoms with Crippen LogP contribution in [0.25, 0.3) is 5.70 Å². The van der Waals surface area contributed by atoms with Crippen LogP contribution in [-0.4, -0.2) is 36.1 Å². The molecule has 1 atom stereocenters. The van der Waals surface area contributed by atoms with Gasteiger partial charge < -0.3 is 20.7 Å². The summed E-state index contributed by atoms with van der Waals surface area (Å²) in [5.41, 5.74) is 4.62. The molecule has 208 valence electrons. The van der Waals surface area contributed by atoms with Crippen LogP contribution in [0.1, 0.15) is 56.3 Å². The second-order valence-electron chi connectivity index (χ2n) is 9.49. The average molecular weight is 541 g/mol. The highest BCUT2D eigenvalue weighted by Crippen LogP contribution is 2.37. The predicted molar refractivity (Wildman–Crippen MR) is 158 cm³/mol. The van der Waals surface area contributed by atoms with Crippen molar-refractivity contribution in [3.05, 3.63) is 101 Å². The summed E-state index contributed by atoms with van der Waals surface area (Å²) >= 11 is 0. The fraction of sp³-hybridized carbons (Fsp3) is 0.281. The van der Waals surface area contributed by atoms with E-state index in [2.05, 4.69) is 29.8 Å². The van der Waals surface area contributed by atoms with Crippen LogP contribution in [0.5, 0.6) is 0 Å². The Bertz CT molecular complexity index is 1390. The zero-order valence-electron chi connectivity index (χ0n) is 23.2. The van der Waals surface area contributed by atoms with Crippen LogP contribution in [0.4, 0.5) is 21.0 Å². The number of amides is 4. The number of benzene rings is 3. The molecule has 4 amide bonds. The van der Waals surface area contributed by atoms with Gasteiger partial charge in [0.15, 0.2) is 0 Å². The third kappa shape index (κ3) is 6.69.